The molecule has 44 heavy (non-hydrogen) atoms. The van der Waals surface area contributed by atoms with Crippen LogP contribution >= 0.6 is 0 Å². The number of aliphatic hydroxyl groups excluding tert-OH is 1. The molecule has 0 aromatic heterocycles. The third-order valence-electron chi connectivity index (χ3n) is 6.74. The van der Waals surface area contributed by atoms with Crippen molar-refractivity contribution in [2.24, 2.45) is 0 Å². The van der Waals surface area contributed by atoms with Crippen molar-refractivity contribution in [2.45, 2.75) is 51.1 Å². The van der Waals surface area contributed by atoms with E-state index in [1.54, 1.807) is 41.3 Å². The van der Waals surface area contributed by atoms with E-state index in [0.717, 1.165) is 23.8 Å². The summed E-state index contributed by atoms with van der Waals surface area (Å²) in [5, 5.41) is 11.0. The summed E-state index contributed by atoms with van der Waals surface area (Å²) in [4.78, 5) is 1.66. The van der Waals surface area contributed by atoms with Crippen molar-refractivity contribution in [3.8, 4) is 17.2 Å². The highest BCUT2D eigenvalue weighted by atomic mass is 19.4. The third-order valence-corrected chi connectivity index (χ3v) is 6.74. The van der Waals surface area contributed by atoms with Crippen LogP contribution in [0.4, 0.5) is 36.4 Å². The van der Waals surface area contributed by atoms with Crippen LogP contribution in [0.1, 0.15) is 48.1 Å². The fourth-order valence-electron chi connectivity index (χ4n) is 4.42. The van der Waals surface area contributed by atoms with E-state index in [-0.39, 0.29) is 24.6 Å². The SMILES string of the molecule is CC(C)c1cccc(Oc2cccc(N(Cc3cccc(OC(F)(F)C(F)F)c3)CC(O)c3ccc(C(F)(F)F)cc3)c2)c1. The Hall–Kier alpha value is -4.25. The van der Waals surface area contributed by atoms with Crippen molar-refractivity contribution in [3.63, 3.8) is 0 Å². The van der Waals surface area contributed by atoms with Gasteiger partial charge in [-0.25, -0.2) is 0 Å². The monoisotopic (exact) mass is 621 g/mol. The highest BCUT2D eigenvalue weighted by molar-refractivity contribution is 5.53. The summed E-state index contributed by atoms with van der Waals surface area (Å²) in [6.45, 7) is 3.96. The zero-order valence-electron chi connectivity index (χ0n) is 23.7. The Bertz CT molecular complexity index is 1520. The van der Waals surface area contributed by atoms with Crippen LogP contribution in [0.15, 0.2) is 97.1 Å². The highest BCUT2D eigenvalue weighted by Gasteiger charge is 2.44. The number of aliphatic hydroxyl groups is 1. The standard InChI is InChI=1S/C33H30F7NO3/c1-21(2)24-7-4-9-27(17-24)43-28-10-5-8-26(18-28)41(20-30(42)23-12-14-25(15-13-23)32(36,37)38)19-22-6-3-11-29(16-22)44-33(39,40)31(34)35/h3-18,21,30-31,42H,19-20H2,1-2H3. The molecule has 1 atom stereocenters. The molecule has 4 aromatic rings. The molecule has 0 saturated heterocycles. The maximum Gasteiger partial charge on any atom is 0.461 e. The van der Waals surface area contributed by atoms with Crippen molar-refractivity contribution in [3.05, 3.63) is 119 Å². The Morgan fingerprint density at radius 1 is 0.727 bits per heavy atom. The van der Waals surface area contributed by atoms with Gasteiger partial charge in [0.15, 0.2) is 0 Å². The summed E-state index contributed by atoms with van der Waals surface area (Å²) >= 11 is 0. The molecule has 0 radical (unpaired) electrons. The molecule has 0 fully saturated rings. The van der Waals surface area contributed by atoms with Crippen molar-refractivity contribution in [2.75, 3.05) is 11.4 Å². The molecule has 1 N–H and O–H groups in total. The van der Waals surface area contributed by atoms with Gasteiger partial charge in [-0.05, 0) is 71.1 Å². The van der Waals surface area contributed by atoms with Crippen molar-refractivity contribution in [1.29, 1.82) is 0 Å². The van der Waals surface area contributed by atoms with Gasteiger partial charge >= 0.3 is 18.7 Å². The molecule has 0 aliphatic heterocycles. The Kier molecular flexibility index (Phi) is 10.1. The summed E-state index contributed by atoms with van der Waals surface area (Å²) in [7, 11) is 0. The zero-order chi connectivity index (χ0) is 32.1. The average molecular weight is 622 g/mol. The minimum atomic E-state index is -4.70. The first-order valence-corrected chi connectivity index (χ1v) is 13.6. The molecule has 0 aliphatic rings. The van der Waals surface area contributed by atoms with Crippen molar-refractivity contribution in [1.82, 2.24) is 0 Å². The summed E-state index contributed by atoms with van der Waals surface area (Å²) in [5.41, 5.74) is 1.32. The van der Waals surface area contributed by atoms with E-state index in [1.807, 2.05) is 32.0 Å². The van der Waals surface area contributed by atoms with Crippen LogP contribution in [0.2, 0.25) is 0 Å². The summed E-state index contributed by atoms with van der Waals surface area (Å²) in [5.74, 6) is 0.825. The second-order valence-electron chi connectivity index (χ2n) is 10.5. The van der Waals surface area contributed by atoms with E-state index in [2.05, 4.69) is 4.74 Å². The smallest absolute Gasteiger partial charge is 0.457 e. The Balaban J connectivity index is 1.63. The van der Waals surface area contributed by atoms with Crippen LogP contribution in [0, 0.1) is 0 Å². The lowest BCUT2D eigenvalue weighted by Crippen LogP contribution is -2.33. The first kappa shape index (κ1) is 32.7. The van der Waals surface area contributed by atoms with Crippen LogP contribution in [0.3, 0.4) is 0 Å². The number of hydrogen-bond acceptors (Lipinski definition) is 4. The van der Waals surface area contributed by atoms with Crippen LogP contribution in [-0.4, -0.2) is 24.2 Å². The maximum absolute atomic E-state index is 13.5. The minimum absolute atomic E-state index is 0.0125. The predicted octanol–water partition coefficient (Wildman–Crippen LogP) is 9.60. The number of alkyl halides is 7. The Labute approximate surface area is 250 Å². The normalized spacial score (nSPS) is 12.8. The Morgan fingerprint density at radius 3 is 1.98 bits per heavy atom. The topological polar surface area (TPSA) is 41.9 Å². The first-order chi connectivity index (χ1) is 20.7. The lowest BCUT2D eigenvalue weighted by Gasteiger charge is -2.28. The summed E-state index contributed by atoms with van der Waals surface area (Å²) in [6, 6.07) is 23.7. The number of nitrogens with zero attached hydrogens (tertiary/aromatic N) is 1. The molecule has 4 nitrogen and oxygen atoms in total. The largest absolute Gasteiger partial charge is 0.461 e. The van der Waals surface area contributed by atoms with Crippen LogP contribution in [0.25, 0.3) is 0 Å². The quantitative estimate of drug-likeness (QED) is 0.160. The number of benzene rings is 4. The molecule has 0 amide bonds. The van der Waals surface area contributed by atoms with Crippen LogP contribution in [-0.2, 0) is 12.7 Å². The van der Waals surface area contributed by atoms with Gasteiger partial charge in [0.2, 0.25) is 0 Å². The molecule has 0 heterocycles. The molecule has 1 unspecified atom stereocenters. The molecule has 0 aliphatic carbocycles. The number of halogens is 7. The summed E-state index contributed by atoms with van der Waals surface area (Å²) < 4.78 is 102. The van der Waals surface area contributed by atoms with E-state index >= 15 is 0 Å². The Morgan fingerprint density at radius 2 is 1.34 bits per heavy atom. The van der Waals surface area contributed by atoms with Gasteiger partial charge in [-0.15, -0.1) is 0 Å². The fraction of sp³-hybridized carbons (Fsp3) is 0.273. The summed E-state index contributed by atoms with van der Waals surface area (Å²) in [6.07, 6.45) is -14.5. The molecule has 11 heteroatoms. The molecule has 4 aromatic carbocycles. The molecular weight excluding hydrogens is 591 g/mol. The lowest BCUT2D eigenvalue weighted by atomic mass is 10.0. The zero-order valence-corrected chi connectivity index (χ0v) is 23.7. The van der Waals surface area contributed by atoms with Crippen LogP contribution in [0.5, 0.6) is 17.2 Å². The molecule has 4 rings (SSSR count). The number of hydrogen-bond donors (Lipinski definition) is 1. The van der Waals surface area contributed by atoms with E-state index in [9.17, 15) is 35.8 Å². The molecule has 234 valence electrons. The average Bonchev–Trinajstić information content (AvgIpc) is 2.96. The van der Waals surface area contributed by atoms with Gasteiger partial charge in [-0.1, -0.05) is 56.3 Å². The number of ether oxygens (including phenoxy) is 2. The molecule has 0 spiro atoms. The van der Waals surface area contributed by atoms with E-state index in [1.165, 1.54) is 24.3 Å². The number of rotatable bonds is 12. The van der Waals surface area contributed by atoms with Gasteiger partial charge in [0, 0.05) is 24.8 Å². The maximum atomic E-state index is 13.5. The van der Waals surface area contributed by atoms with Crippen molar-refractivity contribution < 1.29 is 45.3 Å². The predicted molar refractivity (Wildman–Crippen MR) is 153 cm³/mol. The van der Waals surface area contributed by atoms with Gasteiger partial charge in [-0.3, -0.25) is 0 Å². The second kappa shape index (κ2) is 13.6. The van der Waals surface area contributed by atoms with E-state index in [0.29, 0.717) is 22.7 Å². The molecule has 0 saturated carbocycles. The highest BCUT2D eigenvalue weighted by Crippen LogP contribution is 2.33. The minimum Gasteiger partial charge on any atom is -0.457 e. The molecular formula is C33H30F7NO3. The third kappa shape index (κ3) is 8.66. The second-order valence-corrected chi connectivity index (χ2v) is 10.5. The number of anilines is 1. The van der Waals surface area contributed by atoms with E-state index in [4.69, 9.17) is 4.74 Å². The van der Waals surface area contributed by atoms with Gasteiger partial charge in [-0.2, -0.15) is 30.7 Å². The van der Waals surface area contributed by atoms with Gasteiger partial charge in [0.05, 0.1) is 11.7 Å². The van der Waals surface area contributed by atoms with Gasteiger partial charge in [0.25, 0.3) is 0 Å². The first-order valence-electron chi connectivity index (χ1n) is 13.6. The van der Waals surface area contributed by atoms with Crippen LogP contribution < -0.4 is 14.4 Å². The molecule has 0 bridgehead atoms. The fourth-order valence-corrected chi connectivity index (χ4v) is 4.42. The van der Waals surface area contributed by atoms with E-state index < -0.39 is 36.1 Å². The van der Waals surface area contributed by atoms with Gasteiger partial charge < -0.3 is 19.5 Å². The lowest BCUT2D eigenvalue weighted by molar-refractivity contribution is -0.253. The van der Waals surface area contributed by atoms with Crippen molar-refractivity contribution >= 4 is 5.69 Å². The van der Waals surface area contributed by atoms with Gasteiger partial charge in [0.1, 0.15) is 17.2 Å².